The van der Waals surface area contributed by atoms with Gasteiger partial charge in [-0.1, -0.05) is 12.8 Å². The van der Waals surface area contributed by atoms with Crippen LogP contribution in [0.3, 0.4) is 0 Å². The summed E-state index contributed by atoms with van der Waals surface area (Å²) in [4.78, 5) is 25.2. The molecule has 1 saturated heterocycles. The molecule has 3 amide bonds. The van der Waals surface area contributed by atoms with Crippen LogP contribution in [-0.2, 0) is 4.79 Å². The van der Waals surface area contributed by atoms with Gasteiger partial charge in [0.1, 0.15) is 11.5 Å². The van der Waals surface area contributed by atoms with Crippen LogP contribution in [0, 0.1) is 6.92 Å². The molecule has 2 rings (SSSR count). The summed E-state index contributed by atoms with van der Waals surface area (Å²) < 4.78 is 5.74. The predicted octanol–water partition coefficient (Wildman–Crippen LogP) is 1.96. The standard InChI is InChI=1S/C15H23N3O3/c1-11-7-8-13(21-11)12-6-4-3-5-9-18(12)10-14(19)17-15(20)16-2/h7-8,12H,3-6,9-10H2,1-2H3,(H2,16,17,19,20). The molecule has 1 aliphatic heterocycles. The van der Waals surface area contributed by atoms with Crippen molar-refractivity contribution in [3.8, 4) is 0 Å². The molecule has 0 saturated carbocycles. The average Bonchev–Trinajstić information content (AvgIpc) is 2.74. The quantitative estimate of drug-likeness (QED) is 0.893. The minimum absolute atomic E-state index is 0.108. The van der Waals surface area contributed by atoms with Crippen molar-refractivity contribution >= 4 is 11.9 Å². The summed E-state index contributed by atoms with van der Waals surface area (Å²) in [5.74, 6) is 1.50. The number of carbonyl (C=O) groups is 2. The number of amides is 3. The Morgan fingerprint density at radius 2 is 2.14 bits per heavy atom. The van der Waals surface area contributed by atoms with Crippen molar-refractivity contribution in [3.05, 3.63) is 23.7 Å². The molecule has 1 aliphatic rings. The summed E-state index contributed by atoms with van der Waals surface area (Å²) in [5, 5.41) is 4.70. The van der Waals surface area contributed by atoms with E-state index in [0.717, 1.165) is 43.7 Å². The van der Waals surface area contributed by atoms with E-state index in [1.807, 2.05) is 19.1 Å². The second-order valence-electron chi connectivity index (χ2n) is 5.41. The molecule has 2 heterocycles. The first-order chi connectivity index (χ1) is 10.1. The monoisotopic (exact) mass is 293 g/mol. The highest BCUT2D eigenvalue weighted by atomic mass is 16.3. The third-order valence-corrected chi connectivity index (χ3v) is 3.78. The lowest BCUT2D eigenvalue weighted by Gasteiger charge is -2.27. The molecular weight excluding hydrogens is 270 g/mol. The summed E-state index contributed by atoms with van der Waals surface area (Å²) in [5.41, 5.74) is 0. The first kappa shape index (κ1) is 15.6. The molecule has 21 heavy (non-hydrogen) atoms. The minimum Gasteiger partial charge on any atom is -0.465 e. The van der Waals surface area contributed by atoms with Crippen LogP contribution in [0.2, 0.25) is 0 Å². The van der Waals surface area contributed by atoms with Crippen molar-refractivity contribution < 1.29 is 14.0 Å². The summed E-state index contributed by atoms with van der Waals surface area (Å²) in [7, 11) is 1.49. The zero-order chi connectivity index (χ0) is 15.2. The second-order valence-corrected chi connectivity index (χ2v) is 5.41. The summed E-state index contributed by atoms with van der Waals surface area (Å²) in [6.45, 7) is 2.96. The van der Waals surface area contributed by atoms with E-state index in [1.54, 1.807) is 0 Å². The van der Waals surface area contributed by atoms with Gasteiger partial charge in [0.25, 0.3) is 0 Å². The Kier molecular flexibility index (Phi) is 5.38. The van der Waals surface area contributed by atoms with E-state index in [1.165, 1.54) is 7.05 Å². The minimum atomic E-state index is -0.472. The van der Waals surface area contributed by atoms with Crippen molar-refractivity contribution in [2.75, 3.05) is 20.1 Å². The lowest BCUT2D eigenvalue weighted by atomic mass is 10.1. The van der Waals surface area contributed by atoms with Crippen LogP contribution >= 0.6 is 0 Å². The first-order valence-electron chi connectivity index (χ1n) is 7.42. The number of nitrogens with zero attached hydrogens (tertiary/aromatic N) is 1. The number of aryl methyl sites for hydroxylation is 1. The van der Waals surface area contributed by atoms with Gasteiger partial charge in [0.15, 0.2) is 0 Å². The molecule has 0 radical (unpaired) electrons. The van der Waals surface area contributed by atoms with Crippen molar-refractivity contribution in [3.63, 3.8) is 0 Å². The van der Waals surface area contributed by atoms with Crippen LogP contribution in [0.5, 0.6) is 0 Å². The number of nitrogens with one attached hydrogen (secondary N) is 2. The fraction of sp³-hybridized carbons (Fsp3) is 0.600. The van der Waals surface area contributed by atoms with Crippen LogP contribution in [0.1, 0.15) is 43.2 Å². The smallest absolute Gasteiger partial charge is 0.321 e. The van der Waals surface area contributed by atoms with E-state index in [9.17, 15) is 9.59 Å². The topological polar surface area (TPSA) is 74.6 Å². The van der Waals surface area contributed by atoms with Crippen LogP contribution < -0.4 is 10.6 Å². The highest BCUT2D eigenvalue weighted by molar-refractivity contribution is 5.95. The SMILES string of the molecule is CNC(=O)NC(=O)CN1CCCCCC1c1ccc(C)o1. The molecule has 2 N–H and O–H groups in total. The van der Waals surface area contributed by atoms with Crippen molar-refractivity contribution in [2.24, 2.45) is 0 Å². The van der Waals surface area contributed by atoms with Gasteiger partial charge in [-0.3, -0.25) is 15.0 Å². The van der Waals surface area contributed by atoms with Gasteiger partial charge >= 0.3 is 6.03 Å². The zero-order valence-corrected chi connectivity index (χ0v) is 12.6. The summed E-state index contributed by atoms with van der Waals surface area (Å²) >= 11 is 0. The van der Waals surface area contributed by atoms with Gasteiger partial charge in [-0.05, 0) is 38.4 Å². The van der Waals surface area contributed by atoms with Gasteiger partial charge in [0.2, 0.25) is 5.91 Å². The zero-order valence-electron chi connectivity index (χ0n) is 12.6. The number of imide groups is 1. The number of urea groups is 1. The Hall–Kier alpha value is -1.82. The molecule has 0 aliphatic carbocycles. The summed E-state index contributed by atoms with van der Waals surface area (Å²) in [6.07, 6.45) is 4.31. The molecule has 6 heteroatoms. The lowest BCUT2D eigenvalue weighted by Crippen LogP contribution is -2.44. The van der Waals surface area contributed by atoms with Gasteiger partial charge in [0, 0.05) is 7.05 Å². The predicted molar refractivity (Wildman–Crippen MR) is 78.8 cm³/mol. The number of rotatable bonds is 3. The first-order valence-corrected chi connectivity index (χ1v) is 7.42. The second kappa shape index (κ2) is 7.26. The van der Waals surface area contributed by atoms with Crippen molar-refractivity contribution in [2.45, 2.75) is 38.6 Å². The van der Waals surface area contributed by atoms with Crippen LogP contribution in [-0.4, -0.2) is 37.0 Å². The highest BCUT2D eigenvalue weighted by Gasteiger charge is 2.27. The Bertz CT molecular complexity index is 498. The van der Waals surface area contributed by atoms with E-state index < -0.39 is 6.03 Å². The van der Waals surface area contributed by atoms with E-state index in [4.69, 9.17) is 4.42 Å². The molecule has 1 aromatic heterocycles. The largest absolute Gasteiger partial charge is 0.465 e. The highest BCUT2D eigenvalue weighted by Crippen LogP contribution is 2.30. The summed E-state index contributed by atoms with van der Waals surface area (Å²) in [6, 6.07) is 3.56. The lowest BCUT2D eigenvalue weighted by molar-refractivity contribution is -0.121. The van der Waals surface area contributed by atoms with Gasteiger partial charge < -0.3 is 9.73 Å². The number of hydrogen-bond donors (Lipinski definition) is 2. The maximum absolute atomic E-state index is 11.9. The van der Waals surface area contributed by atoms with E-state index in [-0.39, 0.29) is 18.5 Å². The molecule has 0 aromatic carbocycles. The normalized spacial score (nSPS) is 19.8. The number of carbonyl (C=O) groups excluding carboxylic acids is 2. The molecule has 1 atom stereocenters. The number of furan rings is 1. The number of hydrogen-bond acceptors (Lipinski definition) is 4. The molecule has 6 nitrogen and oxygen atoms in total. The van der Waals surface area contributed by atoms with Gasteiger partial charge in [0.05, 0.1) is 12.6 Å². The van der Waals surface area contributed by atoms with Gasteiger partial charge in [-0.2, -0.15) is 0 Å². The number of likely N-dealkylation sites (tertiary alicyclic amines) is 1. The molecular formula is C15H23N3O3. The third-order valence-electron chi connectivity index (χ3n) is 3.78. The fourth-order valence-corrected chi connectivity index (χ4v) is 2.72. The molecule has 1 fully saturated rings. The molecule has 1 aromatic rings. The van der Waals surface area contributed by atoms with Crippen LogP contribution in [0.4, 0.5) is 4.79 Å². The van der Waals surface area contributed by atoms with Crippen molar-refractivity contribution in [1.29, 1.82) is 0 Å². The van der Waals surface area contributed by atoms with E-state index >= 15 is 0 Å². The maximum atomic E-state index is 11.9. The maximum Gasteiger partial charge on any atom is 0.321 e. The molecule has 0 bridgehead atoms. The Morgan fingerprint density at radius 3 is 2.81 bits per heavy atom. The van der Waals surface area contributed by atoms with Gasteiger partial charge in [-0.25, -0.2) is 4.79 Å². The van der Waals surface area contributed by atoms with Crippen LogP contribution in [0.15, 0.2) is 16.5 Å². The molecule has 0 spiro atoms. The van der Waals surface area contributed by atoms with Crippen LogP contribution in [0.25, 0.3) is 0 Å². The Balaban J connectivity index is 2.05. The van der Waals surface area contributed by atoms with E-state index in [2.05, 4.69) is 15.5 Å². The Morgan fingerprint density at radius 1 is 1.33 bits per heavy atom. The van der Waals surface area contributed by atoms with Crippen molar-refractivity contribution in [1.82, 2.24) is 15.5 Å². The average molecular weight is 293 g/mol. The molecule has 1 unspecified atom stereocenters. The molecule has 116 valence electrons. The third kappa shape index (κ3) is 4.32. The van der Waals surface area contributed by atoms with Gasteiger partial charge in [-0.15, -0.1) is 0 Å². The fourth-order valence-electron chi connectivity index (χ4n) is 2.72. The van der Waals surface area contributed by atoms with E-state index in [0.29, 0.717) is 0 Å². The Labute approximate surface area is 124 Å².